The van der Waals surface area contributed by atoms with Gasteiger partial charge in [-0.3, -0.25) is 14.9 Å². The fourth-order valence-corrected chi connectivity index (χ4v) is 3.21. The van der Waals surface area contributed by atoms with Crippen molar-refractivity contribution in [2.75, 3.05) is 27.3 Å². The van der Waals surface area contributed by atoms with E-state index in [0.29, 0.717) is 25.4 Å². The first-order chi connectivity index (χ1) is 13.4. The van der Waals surface area contributed by atoms with E-state index in [4.69, 9.17) is 14.2 Å². The van der Waals surface area contributed by atoms with Crippen LogP contribution in [0, 0.1) is 10.1 Å². The number of aromatic nitrogens is 1. The van der Waals surface area contributed by atoms with Crippen molar-refractivity contribution >= 4 is 27.5 Å². The van der Waals surface area contributed by atoms with Crippen LogP contribution in [0.2, 0.25) is 0 Å². The fourth-order valence-electron chi connectivity index (χ4n) is 2.97. The summed E-state index contributed by atoms with van der Waals surface area (Å²) < 4.78 is 16.9. The van der Waals surface area contributed by atoms with Gasteiger partial charge in [0.15, 0.2) is 11.5 Å². The number of benzene rings is 1. The predicted molar refractivity (Wildman–Crippen MR) is 103 cm³/mol. The molecule has 0 radical (unpaired) electrons. The van der Waals surface area contributed by atoms with Crippen LogP contribution in [0.4, 0.5) is 5.69 Å². The number of nitro benzene ring substituents is 1. The van der Waals surface area contributed by atoms with Crippen LogP contribution in [0.25, 0.3) is 0 Å². The molecule has 1 aliphatic rings. The van der Waals surface area contributed by atoms with Crippen LogP contribution in [-0.4, -0.2) is 54.1 Å². The van der Waals surface area contributed by atoms with Gasteiger partial charge in [-0.15, -0.1) is 0 Å². The minimum atomic E-state index is -0.606. The molecule has 3 rings (SSSR count). The zero-order valence-corrected chi connectivity index (χ0v) is 16.8. The normalized spacial score (nSPS) is 16.0. The summed E-state index contributed by atoms with van der Waals surface area (Å²) in [6, 6.07) is 6.08. The third kappa shape index (κ3) is 4.16. The van der Waals surface area contributed by atoms with E-state index in [2.05, 4.69) is 20.9 Å². The summed E-state index contributed by atoms with van der Waals surface area (Å²) in [4.78, 5) is 29.4. The van der Waals surface area contributed by atoms with Gasteiger partial charge in [0.1, 0.15) is 11.7 Å². The number of nitrogens with zero attached hydrogens (tertiary/aromatic N) is 3. The van der Waals surface area contributed by atoms with Gasteiger partial charge in [-0.25, -0.2) is 4.98 Å². The molecule has 2 aromatic rings. The van der Waals surface area contributed by atoms with Gasteiger partial charge in [0.25, 0.3) is 11.6 Å². The topological polar surface area (TPSA) is 104 Å². The van der Waals surface area contributed by atoms with Gasteiger partial charge in [0, 0.05) is 35.8 Å². The van der Waals surface area contributed by atoms with Crippen LogP contribution in [-0.2, 0) is 0 Å². The summed E-state index contributed by atoms with van der Waals surface area (Å²) >= 11 is 3.31. The molecular formula is C18H18BrN3O6. The van der Waals surface area contributed by atoms with Gasteiger partial charge >= 0.3 is 0 Å². The Hall–Kier alpha value is -2.88. The molecule has 0 saturated carbocycles. The second kappa shape index (κ2) is 8.42. The highest BCUT2D eigenvalue weighted by Gasteiger charge is 2.33. The maximum Gasteiger partial charge on any atom is 0.286 e. The third-order valence-corrected chi connectivity index (χ3v) is 4.82. The maximum absolute atomic E-state index is 12.9. The van der Waals surface area contributed by atoms with Gasteiger partial charge in [0.05, 0.1) is 31.8 Å². The number of hydrogen-bond acceptors (Lipinski definition) is 7. The Morgan fingerprint density at radius 3 is 2.61 bits per heavy atom. The molecule has 0 aliphatic carbocycles. The second-order valence-corrected chi connectivity index (χ2v) is 6.99. The number of halogens is 1. The number of likely N-dealkylation sites (tertiary alicyclic amines) is 1. The highest BCUT2D eigenvalue weighted by molar-refractivity contribution is 9.10. The number of ether oxygens (including phenoxy) is 3. The van der Waals surface area contributed by atoms with Crippen molar-refractivity contribution in [3.05, 3.63) is 50.6 Å². The zero-order chi connectivity index (χ0) is 20.3. The lowest BCUT2D eigenvalue weighted by Gasteiger charge is -2.18. The number of hydrogen-bond donors (Lipinski definition) is 0. The lowest BCUT2D eigenvalue weighted by Crippen LogP contribution is -2.31. The second-order valence-electron chi connectivity index (χ2n) is 6.08. The largest absolute Gasteiger partial charge is 0.493 e. The van der Waals surface area contributed by atoms with Crippen LogP contribution < -0.4 is 14.2 Å². The Balaban J connectivity index is 1.78. The zero-order valence-electron chi connectivity index (χ0n) is 15.3. The van der Waals surface area contributed by atoms with Crippen LogP contribution in [0.3, 0.4) is 0 Å². The van der Waals surface area contributed by atoms with Gasteiger partial charge in [-0.05, 0) is 22.0 Å². The van der Waals surface area contributed by atoms with E-state index in [0.717, 1.165) is 4.47 Å². The van der Waals surface area contributed by atoms with Crippen molar-refractivity contribution in [3.8, 4) is 17.4 Å². The highest BCUT2D eigenvalue weighted by Crippen LogP contribution is 2.35. The number of carbonyl (C=O) groups excluding carboxylic acids is 1. The molecule has 1 saturated heterocycles. The fraction of sp³-hybridized carbons (Fsp3) is 0.333. The van der Waals surface area contributed by atoms with E-state index >= 15 is 0 Å². The number of amides is 1. The molecule has 0 bridgehead atoms. The molecule has 1 aliphatic heterocycles. The summed E-state index contributed by atoms with van der Waals surface area (Å²) in [5.74, 6) is 0.444. The van der Waals surface area contributed by atoms with Crippen LogP contribution in [0.5, 0.6) is 17.4 Å². The summed E-state index contributed by atoms with van der Waals surface area (Å²) in [5, 5.41) is 11.4. The van der Waals surface area contributed by atoms with Crippen molar-refractivity contribution in [1.29, 1.82) is 0 Å². The highest BCUT2D eigenvalue weighted by atomic mass is 79.9. The van der Waals surface area contributed by atoms with Crippen LogP contribution in [0.15, 0.2) is 34.9 Å². The first-order valence-corrected chi connectivity index (χ1v) is 9.20. The average Bonchev–Trinajstić information content (AvgIpc) is 3.16. The van der Waals surface area contributed by atoms with Crippen LogP contribution in [0.1, 0.15) is 16.8 Å². The Morgan fingerprint density at radius 1 is 1.29 bits per heavy atom. The van der Waals surface area contributed by atoms with E-state index in [1.807, 2.05) is 6.07 Å². The molecule has 10 heteroatoms. The lowest BCUT2D eigenvalue weighted by atomic mass is 10.1. The molecule has 1 amide bonds. The van der Waals surface area contributed by atoms with E-state index in [1.165, 1.54) is 31.3 Å². The van der Waals surface area contributed by atoms with E-state index in [9.17, 15) is 14.9 Å². The molecule has 28 heavy (non-hydrogen) atoms. The van der Waals surface area contributed by atoms with Crippen LogP contribution >= 0.6 is 15.9 Å². The summed E-state index contributed by atoms with van der Waals surface area (Å²) in [6.07, 6.45) is 1.99. The molecule has 0 N–H and O–H groups in total. The van der Waals surface area contributed by atoms with Gasteiger partial charge in [-0.2, -0.15) is 0 Å². The Kier molecular flexibility index (Phi) is 5.98. The van der Waals surface area contributed by atoms with Crippen molar-refractivity contribution in [1.82, 2.24) is 9.88 Å². The molecule has 0 spiro atoms. The minimum Gasteiger partial charge on any atom is -0.493 e. The number of carbonyl (C=O) groups is 1. The predicted octanol–water partition coefficient (Wildman–Crippen LogP) is 3.06. The Labute approximate surface area is 169 Å². The lowest BCUT2D eigenvalue weighted by molar-refractivity contribution is -0.385. The first kappa shape index (κ1) is 19.9. The monoisotopic (exact) mass is 451 g/mol. The van der Waals surface area contributed by atoms with Gasteiger partial charge in [0.2, 0.25) is 5.88 Å². The maximum atomic E-state index is 12.9. The quantitative estimate of drug-likeness (QED) is 0.490. The summed E-state index contributed by atoms with van der Waals surface area (Å²) in [6.45, 7) is 0.730. The molecule has 1 atom stereocenters. The van der Waals surface area contributed by atoms with Crippen molar-refractivity contribution in [2.45, 2.75) is 12.5 Å². The first-order valence-electron chi connectivity index (χ1n) is 8.40. The average molecular weight is 452 g/mol. The minimum absolute atomic E-state index is 0.0509. The standard InChI is InChI=1S/C18H18BrN3O6/c1-26-15-7-13(14(22(24)25)8-16(15)27-2)18(23)21-6-5-12(10-21)28-17-4-3-11(19)9-20-17/h3-4,7-9,12H,5-6,10H2,1-2H3. The van der Waals surface area contributed by atoms with Gasteiger partial charge in [-0.1, -0.05) is 0 Å². The molecular weight excluding hydrogens is 434 g/mol. The van der Waals surface area contributed by atoms with Gasteiger partial charge < -0.3 is 19.1 Å². The molecule has 2 heterocycles. The molecule has 9 nitrogen and oxygen atoms in total. The number of rotatable bonds is 6. The van der Waals surface area contributed by atoms with E-state index in [-0.39, 0.29) is 28.9 Å². The summed E-state index contributed by atoms with van der Waals surface area (Å²) in [7, 11) is 2.78. The molecule has 1 fully saturated rings. The summed E-state index contributed by atoms with van der Waals surface area (Å²) in [5.41, 5.74) is -0.383. The Bertz CT molecular complexity index is 890. The molecule has 1 unspecified atom stereocenters. The van der Waals surface area contributed by atoms with Crippen molar-refractivity contribution in [2.24, 2.45) is 0 Å². The SMILES string of the molecule is COc1cc(C(=O)N2CCC(Oc3ccc(Br)cn3)C2)c([N+](=O)[O-])cc1OC. The smallest absolute Gasteiger partial charge is 0.286 e. The Morgan fingerprint density at radius 2 is 2.00 bits per heavy atom. The number of pyridine rings is 1. The molecule has 1 aromatic heterocycles. The van der Waals surface area contributed by atoms with E-state index < -0.39 is 10.8 Å². The van der Waals surface area contributed by atoms with Crippen molar-refractivity contribution < 1.29 is 23.9 Å². The third-order valence-electron chi connectivity index (χ3n) is 4.35. The molecule has 1 aromatic carbocycles. The number of methoxy groups -OCH3 is 2. The molecule has 148 valence electrons. The van der Waals surface area contributed by atoms with E-state index in [1.54, 1.807) is 12.3 Å². The van der Waals surface area contributed by atoms with Crippen molar-refractivity contribution in [3.63, 3.8) is 0 Å². The number of nitro groups is 1.